The number of amides is 1. The molecule has 4 N–H and O–H groups in total. The molecule has 1 amide bonds. The predicted octanol–water partition coefficient (Wildman–Crippen LogP) is 0.554. The minimum atomic E-state index is -0.321. The van der Waals surface area contributed by atoms with Crippen molar-refractivity contribution in [1.82, 2.24) is 10.3 Å². The minimum Gasteiger partial charge on any atom is -0.394 e. The number of nitrogens with zero attached hydrogens (tertiary/aromatic N) is 1. The zero-order chi connectivity index (χ0) is 13.1. The van der Waals surface area contributed by atoms with Crippen LogP contribution in [0.4, 0.5) is 0 Å². The van der Waals surface area contributed by atoms with E-state index in [0.29, 0.717) is 11.4 Å². The third-order valence-electron chi connectivity index (χ3n) is 2.91. The third-order valence-corrected chi connectivity index (χ3v) is 3.87. The van der Waals surface area contributed by atoms with E-state index in [-0.39, 0.29) is 18.1 Å². The molecule has 0 aliphatic rings. The lowest BCUT2D eigenvalue weighted by molar-refractivity contribution is 0.0730. The Morgan fingerprint density at radius 1 is 1.65 bits per heavy atom. The molecule has 17 heavy (non-hydrogen) atoms. The van der Waals surface area contributed by atoms with E-state index < -0.39 is 0 Å². The van der Waals surface area contributed by atoms with Crippen LogP contribution < -0.4 is 11.3 Å². The summed E-state index contributed by atoms with van der Waals surface area (Å²) in [6.07, 6.45) is 0. The Morgan fingerprint density at radius 2 is 2.29 bits per heavy atom. The van der Waals surface area contributed by atoms with Crippen molar-refractivity contribution in [3.8, 4) is 0 Å². The summed E-state index contributed by atoms with van der Waals surface area (Å²) >= 11 is 1.36. The zero-order valence-electron chi connectivity index (χ0n) is 10.4. The molecule has 0 unspecified atom stereocenters. The van der Waals surface area contributed by atoms with Crippen LogP contribution in [0.1, 0.15) is 29.1 Å². The molecule has 0 aromatic carbocycles. The van der Waals surface area contributed by atoms with Crippen molar-refractivity contribution in [2.45, 2.75) is 25.9 Å². The van der Waals surface area contributed by atoms with Crippen LogP contribution in [-0.2, 0) is 6.54 Å². The molecule has 0 radical (unpaired) electrons. The fourth-order valence-electron chi connectivity index (χ4n) is 1.32. The Kier molecular flexibility index (Phi) is 4.64. The Bertz CT molecular complexity index is 390. The summed E-state index contributed by atoms with van der Waals surface area (Å²) in [6.45, 7) is 4.55. The van der Waals surface area contributed by atoms with Gasteiger partial charge in [0, 0.05) is 12.1 Å². The molecule has 0 aliphatic carbocycles. The normalized spacial score (nSPS) is 11.9. The Labute approximate surface area is 105 Å². The molecule has 0 saturated heterocycles. The van der Waals surface area contributed by atoms with E-state index in [2.05, 4.69) is 5.43 Å². The highest BCUT2D eigenvalue weighted by molar-refractivity contribution is 7.12. The summed E-state index contributed by atoms with van der Waals surface area (Å²) < 4.78 is 0. The van der Waals surface area contributed by atoms with Gasteiger partial charge in [-0.2, -0.15) is 0 Å². The second-order valence-corrected chi connectivity index (χ2v) is 5.49. The molecule has 5 nitrogen and oxygen atoms in total. The standard InChI is InChI=1S/C11H19N3O2S/c1-11(2,7-15)14(3)6-8-4-5-17-9(8)10(16)13-12/h4-5,15H,6-7,12H2,1-3H3,(H,13,16). The zero-order valence-corrected chi connectivity index (χ0v) is 11.2. The van der Waals surface area contributed by atoms with Crippen molar-refractivity contribution < 1.29 is 9.90 Å². The molecular formula is C11H19N3O2S. The van der Waals surface area contributed by atoms with Gasteiger partial charge >= 0.3 is 0 Å². The lowest BCUT2D eigenvalue weighted by Gasteiger charge is -2.33. The van der Waals surface area contributed by atoms with E-state index in [1.807, 2.05) is 37.2 Å². The van der Waals surface area contributed by atoms with Gasteiger partial charge in [0.2, 0.25) is 0 Å². The summed E-state index contributed by atoms with van der Waals surface area (Å²) in [5, 5.41) is 11.1. The van der Waals surface area contributed by atoms with Crippen LogP contribution in [-0.4, -0.2) is 35.1 Å². The van der Waals surface area contributed by atoms with Gasteiger partial charge in [0.05, 0.1) is 11.5 Å². The van der Waals surface area contributed by atoms with Gasteiger partial charge < -0.3 is 5.11 Å². The number of carbonyl (C=O) groups excluding carboxylic acids is 1. The maximum atomic E-state index is 11.5. The number of thiophene rings is 1. The molecule has 0 saturated carbocycles. The number of nitrogen functional groups attached to an aromatic ring is 1. The SMILES string of the molecule is CN(Cc1ccsc1C(=O)NN)C(C)(C)CO. The first-order chi connectivity index (χ1) is 7.92. The topological polar surface area (TPSA) is 78.6 Å². The first-order valence-electron chi connectivity index (χ1n) is 5.32. The highest BCUT2D eigenvalue weighted by atomic mass is 32.1. The van der Waals surface area contributed by atoms with Gasteiger partial charge in [0.15, 0.2) is 0 Å². The van der Waals surface area contributed by atoms with E-state index >= 15 is 0 Å². The van der Waals surface area contributed by atoms with Crippen molar-refractivity contribution in [1.29, 1.82) is 0 Å². The van der Waals surface area contributed by atoms with E-state index in [4.69, 9.17) is 5.84 Å². The largest absolute Gasteiger partial charge is 0.394 e. The Balaban J connectivity index is 2.82. The average Bonchev–Trinajstić information content (AvgIpc) is 2.76. The van der Waals surface area contributed by atoms with Crippen LogP contribution in [0.15, 0.2) is 11.4 Å². The maximum Gasteiger partial charge on any atom is 0.275 e. The lowest BCUT2D eigenvalue weighted by Crippen LogP contribution is -2.43. The van der Waals surface area contributed by atoms with Gasteiger partial charge in [0.25, 0.3) is 5.91 Å². The molecule has 6 heteroatoms. The quantitative estimate of drug-likeness (QED) is 0.409. The summed E-state index contributed by atoms with van der Waals surface area (Å²) in [7, 11) is 1.91. The molecule has 1 rings (SSSR count). The monoisotopic (exact) mass is 257 g/mol. The molecule has 0 fully saturated rings. The molecule has 0 aliphatic heterocycles. The second-order valence-electron chi connectivity index (χ2n) is 4.58. The van der Waals surface area contributed by atoms with Crippen LogP contribution in [0.25, 0.3) is 0 Å². The number of carbonyl (C=O) groups is 1. The number of hydrogen-bond donors (Lipinski definition) is 3. The molecule has 1 aromatic heterocycles. The van der Waals surface area contributed by atoms with Crippen molar-refractivity contribution in [2.24, 2.45) is 5.84 Å². The Morgan fingerprint density at radius 3 is 2.82 bits per heavy atom. The van der Waals surface area contributed by atoms with E-state index in [1.54, 1.807) is 0 Å². The second kappa shape index (κ2) is 5.59. The molecule has 0 bridgehead atoms. The van der Waals surface area contributed by atoms with Gasteiger partial charge in [0.1, 0.15) is 0 Å². The maximum absolute atomic E-state index is 11.5. The van der Waals surface area contributed by atoms with E-state index in [1.165, 1.54) is 11.3 Å². The van der Waals surface area contributed by atoms with Gasteiger partial charge in [-0.25, -0.2) is 5.84 Å². The molecule has 1 heterocycles. The highest BCUT2D eigenvalue weighted by Gasteiger charge is 2.24. The number of likely N-dealkylation sites (N-methyl/N-ethyl adjacent to an activating group) is 1. The highest BCUT2D eigenvalue weighted by Crippen LogP contribution is 2.21. The Hall–Kier alpha value is -0.950. The molecule has 0 atom stereocenters. The lowest BCUT2D eigenvalue weighted by atomic mass is 10.0. The predicted molar refractivity (Wildman–Crippen MR) is 68.6 cm³/mol. The summed E-state index contributed by atoms with van der Waals surface area (Å²) in [5.41, 5.74) is 2.73. The van der Waals surface area contributed by atoms with Crippen LogP contribution in [0.2, 0.25) is 0 Å². The van der Waals surface area contributed by atoms with Crippen molar-refractivity contribution in [2.75, 3.05) is 13.7 Å². The van der Waals surface area contributed by atoms with E-state index in [0.717, 1.165) is 5.56 Å². The van der Waals surface area contributed by atoms with Gasteiger partial charge in [-0.1, -0.05) is 0 Å². The van der Waals surface area contributed by atoms with Gasteiger partial charge in [-0.15, -0.1) is 11.3 Å². The fraction of sp³-hybridized carbons (Fsp3) is 0.545. The number of nitrogens with one attached hydrogen (secondary N) is 1. The van der Waals surface area contributed by atoms with Crippen molar-refractivity contribution >= 4 is 17.2 Å². The number of rotatable bonds is 5. The van der Waals surface area contributed by atoms with Crippen LogP contribution in [0.3, 0.4) is 0 Å². The minimum absolute atomic E-state index is 0.0616. The fourth-order valence-corrected chi connectivity index (χ4v) is 2.13. The van der Waals surface area contributed by atoms with Crippen LogP contribution in [0, 0.1) is 0 Å². The summed E-state index contributed by atoms with van der Waals surface area (Å²) in [5.74, 6) is 4.86. The first-order valence-corrected chi connectivity index (χ1v) is 6.19. The molecule has 96 valence electrons. The first kappa shape index (κ1) is 14.1. The average molecular weight is 257 g/mol. The van der Waals surface area contributed by atoms with Gasteiger partial charge in [-0.05, 0) is 37.9 Å². The van der Waals surface area contributed by atoms with E-state index in [9.17, 15) is 9.90 Å². The summed E-state index contributed by atoms with van der Waals surface area (Å²) in [4.78, 5) is 14.1. The number of hydrazine groups is 1. The van der Waals surface area contributed by atoms with Crippen molar-refractivity contribution in [3.63, 3.8) is 0 Å². The number of hydrogen-bond acceptors (Lipinski definition) is 5. The summed E-state index contributed by atoms with van der Waals surface area (Å²) in [6, 6.07) is 1.90. The molecular weight excluding hydrogens is 238 g/mol. The van der Waals surface area contributed by atoms with Crippen LogP contribution in [0.5, 0.6) is 0 Å². The van der Waals surface area contributed by atoms with Crippen molar-refractivity contribution in [3.05, 3.63) is 21.9 Å². The molecule has 0 spiro atoms. The number of nitrogens with two attached hydrogens (primary N) is 1. The van der Waals surface area contributed by atoms with Crippen LogP contribution >= 0.6 is 11.3 Å². The van der Waals surface area contributed by atoms with Gasteiger partial charge in [-0.3, -0.25) is 15.1 Å². The third kappa shape index (κ3) is 3.26. The smallest absolute Gasteiger partial charge is 0.275 e. The number of aliphatic hydroxyl groups excluding tert-OH is 1. The molecule has 1 aromatic rings. The number of aliphatic hydroxyl groups is 1.